The fourth-order valence-corrected chi connectivity index (χ4v) is 3.90. The second-order valence-corrected chi connectivity index (χ2v) is 7.36. The summed E-state index contributed by atoms with van der Waals surface area (Å²) in [6, 6.07) is 3.79. The molecule has 1 aliphatic heterocycles. The summed E-state index contributed by atoms with van der Waals surface area (Å²) in [4.78, 5) is 27.3. The van der Waals surface area contributed by atoms with Crippen LogP contribution < -0.4 is 5.32 Å². The lowest BCUT2D eigenvalue weighted by Crippen LogP contribution is -2.39. The van der Waals surface area contributed by atoms with E-state index in [2.05, 4.69) is 10.3 Å². The molecule has 0 bridgehead atoms. The number of anilines is 1. The van der Waals surface area contributed by atoms with Crippen molar-refractivity contribution < 1.29 is 9.90 Å². The molecule has 2 aromatic rings. The number of aliphatic hydroxyl groups is 1. The van der Waals surface area contributed by atoms with Crippen molar-refractivity contribution in [1.29, 1.82) is 0 Å². The van der Waals surface area contributed by atoms with Gasteiger partial charge >= 0.3 is 0 Å². The predicted molar refractivity (Wildman–Crippen MR) is 102 cm³/mol. The number of hydrogen-bond acceptors (Lipinski definition) is 6. The highest BCUT2D eigenvalue weighted by atomic mass is 16.3. The van der Waals surface area contributed by atoms with Crippen LogP contribution in [0.1, 0.15) is 43.9 Å². The molecule has 27 heavy (non-hydrogen) atoms. The molecule has 7 nitrogen and oxygen atoms in total. The Kier molecular flexibility index (Phi) is 5.03. The van der Waals surface area contributed by atoms with E-state index in [1.807, 2.05) is 17.0 Å². The molecule has 4 rings (SSSR count). The summed E-state index contributed by atoms with van der Waals surface area (Å²) in [5.74, 6) is 1.44. The van der Waals surface area contributed by atoms with E-state index < -0.39 is 0 Å². The number of carbonyl (C=O) groups is 1. The maximum atomic E-state index is 11.8. The Morgan fingerprint density at radius 1 is 1.30 bits per heavy atom. The number of nitrogens with zero attached hydrogens (tertiary/aromatic N) is 4. The van der Waals surface area contributed by atoms with Gasteiger partial charge in [-0.2, -0.15) is 0 Å². The second kappa shape index (κ2) is 7.60. The molecule has 0 unspecified atom stereocenters. The fourth-order valence-electron chi connectivity index (χ4n) is 3.90. The van der Waals surface area contributed by atoms with E-state index in [1.54, 1.807) is 19.3 Å². The summed E-state index contributed by atoms with van der Waals surface area (Å²) >= 11 is 0. The summed E-state index contributed by atoms with van der Waals surface area (Å²) in [5.41, 5.74) is 2.77. The number of amides is 1. The third-order valence-corrected chi connectivity index (χ3v) is 5.48. The first kappa shape index (κ1) is 17.9. The van der Waals surface area contributed by atoms with Gasteiger partial charge in [0.25, 0.3) is 0 Å². The highest BCUT2D eigenvalue weighted by Crippen LogP contribution is 2.29. The molecule has 0 spiro atoms. The Labute approximate surface area is 158 Å². The van der Waals surface area contributed by atoms with E-state index in [4.69, 9.17) is 9.97 Å². The van der Waals surface area contributed by atoms with Crippen LogP contribution in [-0.4, -0.2) is 49.6 Å². The second-order valence-electron chi connectivity index (χ2n) is 7.36. The number of fused-ring (bicyclic) bond motifs is 1. The summed E-state index contributed by atoms with van der Waals surface area (Å²) in [7, 11) is 0. The minimum Gasteiger partial charge on any atom is -0.391 e. The molecular weight excluding hydrogens is 342 g/mol. The lowest BCUT2D eigenvalue weighted by Gasteiger charge is -2.32. The molecule has 7 heteroatoms. The number of aliphatic hydroxyl groups excluding tert-OH is 1. The largest absolute Gasteiger partial charge is 0.391 e. The van der Waals surface area contributed by atoms with Crippen LogP contribution in [0.2, 0.25) is 0 Å². The van der Waals surface area contributed by atoms with Gasteiger partial charge < -0.3 is 15.3 Å². The van der Waals surface area contributed by atoms with Crippen molar-refractivity contribution in [3.63, 3.8) is 0 Å². The molecule has 2 aromatic heterocycles. The number of pyridine rings is 1. The van der Waals surface area contributed by atoms with Crippen molar-refractivity contribution in [3.8, 4) is 11.4 Å². The maximum Gasteiger partial charge on any atom is 0.219 e. The molecule has 0 aromatic carbocycles. The van der Waals surface area contributed by atoms with Crippen LogP contribution in [0.3, 0.4) is 0 Å². The van der Waals surface area contributed by atoms with Crippen molar-refractivity contribution in [3.05, 3.63) is 35.8 Å². The zero-order chi connectivity index (χ0) is 18.8. The molecule has 2 aliphatic rings. The van der Waals surface area contributed by atoms with Crippen molar-refractivity contribution in [2.45, 2.75) is 57.7 Å². The highest BCUT2D eigenvalue weighted by molar-refractivity contribution is 5.74. The minimum atomic E-state index is -0.358. The third kappa shape index (κ3) is 3.78. The van der Waals surface area contributed by atoms with Gasteiger partial charge in [0.05, 0.1) is 24.4 Å². The Hall–Kier alpha value is -2.54. The zero-order valence-electron chi connectivity index (χ0n) is 15.6. The van der Waals surface area contributed by atoms with Crippen LogP contribution in [-0.2, 0) is 17.8 Å². The van der Waals surface area contributed by atoms with Gasteiger partial charge in [0.2, 0.25) is 5.91 Å². The van der Waals surface area contributed by atoms with Gasteiger partial charge in [-0.25, -0.2) is 9.97 Å². The number of rotatable bonds is 3. The standard InChI is InChI=1S/C20H25N5O2/c1-13(26)25-10-8-15-17(12-25)23-19(14-5-4-9-21-11-14)24-20(15)22-16-6-2-3-7-18(16)27/h4-5,9,11,16,18,27H,2-3,6-8,10,12H2,1H3,(H,22,23,24)/t16-,18-/m0/s1. The first-order valence-corrected chi connectivity index (χ1v) is 9.62. The van der Waals surface area contributed by atoms with Gasteiger partial charge in [-0.1, -0.05) is 12.8 Å². The van der Waals surface area contributed by atoms with Crippen LogP contribution in [0.5, 0.6) is 0 Å². The van der Waals surface area contributed by atoms with Crippen LogP contribution in [0.4, 0.5) is 5.82 Å². The van der Waals surface area contributed by atoms with Gasteiger partial charge in [0.1, 0.15) is 5.82 Å². The van der Waals surface area contributed by atoms with E-state index in [1.165, 1.54) is 0 Å². The van der Waals surface area contributed by atoms with Crippen molar-refractivity contribution in [1.82, 2.24) is 19.9 Å². The molecule has 1 saturated carbocycles. The van der Waals surface area contributed by atoms with E-state index in [-0.39, 0.29) is 18.1 Å². The third-order valence-electron chi connectivity index (χ3n) is 5.48. The van der Waals surface area contributed by atoms with E-state index in [0.717, 1.165) is 48.3 Å². The van der Waals surface area contributed by atoms with Crippen molar-refractivity contribution in [2.75, 3.05) is 11.9 Å². The average Bonchev–Trinajstić information content (AvgIpc) is 2.69. The van der Waals surface area contributed by atoms with E-state index >= 15 is 0 Å². The molecule has 0 radical (unpaired) electrons. The SMILES string of the molecule is CC(=O)N1CCc2c(nc(-c3cccnc3)nc2N[C@H]2CCCC[C@@H]2O)C1. The number of carbonyl (C=O) groups excluding carboxylic acids is 1. The van der Waals surface area contributed by atoms with E-state index in [9.17, 15) is 9.90 Å². The molecule has 2 N–H and O–H groups in total. The molecule has 1 aliphatic carbocycles. The topological polar surface area (TPSA) is 91.2 Å². The Morgan fingerprint density at radius 3 is 2.89 bits per heavy atom. The zero-order valence-corrected chi connectivity index (χ0v) is 15.6. The molecular formula is C20H25N5O2. The van der Waals surface area contributed by atoms with Crippen molar-refractivity contribution >= 4 is 11.7 Å². The number of hydrogen-bond donors (Lipinski definition) is 2. The molecule has 1 amide bonds. The van der Waals surface area contributed by atoms with Crippen molar-refractivity contribution in [2.24, 2.45) is 0 Å². The first-order chi connectivity index (χ1) is 13.1. The maximum absolute atomic E-state index is 11.8. The van der Waals surface area contributed by atoms with Crippen LogP contribution in [0.25, 0.3) is 11.4 Å². The monoisotopic (exact) mass is 367 g/mol. The minimum absolute atomic E-state index is 0.00494. The summed E-state index contributed by atoms with van der Waals surface area (Å²) in [5, 5.41) is 13.9. The lowest BCUT2D eigenvalue weighted by atomic mass is 9.92. The summed E-state index contributed by atoms with van der Waals surface area (Å²) < 4.78 is 0. The lowest BCUT2D eigenvalue weighted by molar-refractivity contribution is -0.129. The fraction of sp³-hybridized carbons (Fsp3) is 0.500. The first-order valence-electron chi connectivity index (χ1n) is 9.62. The average molecular weight is 367 g/mol. The van der Waals surface area contributed by atoms with Gasteiger partial charge in [-0.05, 0) is 31.4 Å². The molecule has 0 saturated heterocycles. The summed E-state index contributed by atoms with van der Waals surface area (Å²) in [6.07, 6.45) is 7.74. The molecule has 2 atom stereocenters. The number of aromatic nitrogens is 3. The van der Waals surface area contributed by atoms with Gasteiger partial charge in [0, 0.05) is 37.0 Å². The Balaban J connectivity index is 1.72. The molecule has 1 fully saturated rings. The van der Waals surface area contributed by atoms with Gasteiger partial charge in [-0.15, -0.1) is 0 Å². The normalized spacial score (nSPS) is 22.2. The molecule has 3 heterocycles. The van der Waals surface area contributed by atoms with Crippen LogP contribution >= 0.6 is 0 Å². The van der Waals surface area contributed by atoms with Gasteiger partial charge in [-0.3, -0.25) is 9.78 Å². The van der Waals surface area contributed by atoms with Crippen LogP contribution in [0, 0.1) is 0 Å². The predicted octanol–water partition coefficient (Wildman–Crippen LogP) is 2.16. The Morgan fingerprint density at radius 2 is 2.15 bits per heavy atom. The summed E-state index contributed by atoms with van der Waals surface area (Å²) in [6.45, 7) is 2.74. The quantitative estimate of drug-likeness (QED) is 0.864. The number of nitrogens with one attached hydrogen (secondary N) is 1. The molecule has 142 valence electrons. The van der Waals surface area contributed by atoms with Crippen LogP contribution in [0.15, 0.2) is 24.5 Å². The Bertz CT molecular complexity index is 827. The van der Waals surface area contributed by atoms with Gasteiger partial charge in [0.15, 0.2) is 5.82 Å². The smallest absolute Gasteiger partial charge is 0.219 e. The van der Waals surface area contributed by atoms with E-state index in [0.29, 0.717) is 25.3 Å². The highest BCUT2D eigenvalue weighted by Gasteiger charge is 2.28.